The second kappa shape index (κ2) is 5.70. The van der Waals surface area contributed by atoms with Gasteiger partial charge in [0, 0.05) is 6.92 Å². The Kier molecular flexibility index (Phi) is 3.99. The molecule has 0 aliphatic carbocycles. The molecule has 6 nitrogen and oxygen atoms in total. The molecule has 0 saturated heterocycles. The van der Waals surface area contributed by atoms with E-state index in [2.05, 4.69) is 10.3 Å². The van der Waals surface area contributed by atoms with Crippen LogP contribution in [-0.4, -0.2) is 28.1 Å². The number of thioether (sulfide) groups is 1. The molecule has 0 radical (unpaired) electrons. The maximum atomic E-state index is 11.7. The van der Waals surface area contributed by atoms with Crippen LogP contribution in [0.4, 0.5) is 0 Å². The van der Waals surface area contributed by atoms with Gasteiger partial charge in [0.15, 0.2) is 5.17 Å². The maximum Gasteiger partial charge on any atom is 0.336 e. The highest BCUT2D eigenvalue weighted by Gasteiger charge is 2.23. The maximum absolute atomic E-state index is 11.7. The van der Waals surface area contributed by atoms with Crippen LogP contribution >= 0.6 is 11.8 Å². The first kappa shape index (κ1) is 14.0. The number of aliphatic imine (C=N–C) groups is 1. The summed E-state index contributed by atoms with van der Waals surface area (Å²) in [5.41, 5.74) is 0.511. The molecule has 1 aliphatic rings. The van der Waals surface area contributed by atoms with Crippen LogP contribution in [0.3, 0.4) is 0 Å². The lowest BCUT2D eigenvalue weighted by Gasteiger charge is -2.01. The van der Waals surface area contributed by atoms with Crippen molar-refractivity contribution in [1.29, 1.82) is 0 Å². The molecule has 0 spiro atoms. The number of nitrogens with one attached hydrogen (secondary N) is 1. The van der Waals surface area contributed by atoms with Gasteiger partial charge in [-0.3, -0.25) is 9.59 Å². The minimum atomic E-state index is -1.07. The lowest BCUT2D eigenvalue weighted by molar-refractivity contribution is -0.117. The Morgan fingerprint density at radius 2 is 2.05 bits per heavy atom. The van der Waals surface area contributed by atoms with E-state index in [-0.39, 0.29) is 21.5 Å². The normalized spacial score (nSPS) is 16.1. The van der Waals surface area contributed by atoms with Gasteiger partial charge in [0.25, 0.3) is 5.91 Å². The second-order valence-corrected chi connectivity index (χ2v) is 4.94. The standard InChI is InChI=1S/C13H10N2O4S/c1-7(16)14-13-15-11(17)10(20-13)6-8-4-2-3-5-9(8)12(18)19/h2-6H,1H3,(H,18,19)(H,14,15,16,17)/b10-6+. The van der Waals surface area contributed by atoms with Gasteiger partial charge in [-0.15, -0.1) is 0 Å². The Bertz CT molecular complexity index is 664. The molecule has 1 aromatic carbocycles. The van der Waals surface area contributed by atoms with Crippen LogP contribution in [0, 0.1) is 0 Å². The SMILES string of the molecule is CC(=O)NC1=NC(=O)/C(=C\c2ccccc2C(=O)O)S1. The smallest absolute Gasteiger partial charge is 0.336 e. The Labute approximate surface area is 118 Å². The van der Waals surface area contributed by atoms with E-state index in [1.807, 2.05) is 0 Å². The molecular weight excluding hydrogens is 280 g/mol. The summed E-state index contributed by atoms with van der Waals surface area (Å²) >= 11 is 0.999. The first-order valence-corrected chi connectivity index (χ1v) is 6.41. The van der Waals surface area contributed by atoms with E-state index < -0.39 is 11.9 Å². The Hall–Kier alpha value is -2.41. The van der Waals surface area contributed by atoms with E-state index in [4.69, 9.17) is 5.11 Å². The molecule has 2 amide bonds. The molecule has 1 aliphatic heterocycles. The quantitative estimate of drug-likeness (QED) is 0.804. The lowest BCUT2D eigenvalue weighted by atomic mass is 10.1. The number of benzene rings is 1. The van der Waals surface area contributed by atoms with Crippen molar-refractivity contribution in [2.45, 2.75) is 6.92 Å². The molecule has 1 heterocycles. The average molecular weight is 290 g/mol. The molecule has 0 aromatic heterocycles. The first-order valence-electron chi connectivity index (χ1n) is 5.60. The number of rotatable bonds is 2. The largest absolute Gasteiger partial charge is 0.478 e. The van der Waals surface area contributed by atoms with Crippen molar-refractivity contribution in [1.82, 2.24) is 5.32 Å². The fraction of sp³-hybridized carbons (Fsp3) is 0.0769. The number of hydrogen-bond donors (Lipinski definition) is 2. The van der Waals surface area contributed by atoms with Crippen molar-refractivity contribution >= 4 is 40.8 Å². The van der Waals surface area contributed by atoms with Gasteiger partial charge in [-0.05, 0) is 29.5 Å². The molecule has 2 rings (SSSR count). The molecule has 0 saturated carbocycles. The number of carboxylic acids is 1. The summed E-state index contributed by atoms with van der Waals surface area (Å²) < 4.78 is 0. The summed E-state index contributed by atoms with van der Waals surface area (Å²) in [5, 5.41) is 11.7. The summed E-state index contributed by atoms with van der Waals surface area (Å²) in [4.78, 5) is 37.6. The van der Waals surface area contributed by atoms with E-state index >= 15 is 0 Å². The molecule has 1 aromatic rings. The summed E-state index contributed by atoms with van der Waals surface area (Å²) in [6, 6.07) is 6.34. The van der Waals surface area contributed by atoms with Crippen molar-refractivity contribution in [2.75, 3.05) is 0 Å². The number of aromatic carboxylic acids is 1. The van der Waals surface area contributed by atoms with Crippen LogP contribution in [0.2, 0.25) is 0 Å². The molecule has 0 atom stereocenters. The van der Waals surface area contributed by atoms with Crippen LogP contribution in [-0.2, 0) is 9.59 Å². The molecule has 20 heavy (non-hydrogen) atoms. The molecule has 7 heteroatoms. The number of hydrogen-bond acceptors (Lipinski definition) is 4. The van der Waals surface area contributed by atoms with Crippen molar-refractivity contribution in [3.8, 4) is 0 Å². The number of nitrogens with zero attached hydrogens (tertiary/aromatic N) is 1. The fourth-order valence-electron chi connectivity index (χ4n) is 1.57. The molecule has 0 bridgehead atoms. The Morgan fingerprint density at radius 1 is 1.35 bits per heavy atom. The number of carboxylic acid groups (broad SMARTS) is 1. The number of amides is 2. The minimum Gasteiger partial charge on any atom is -0.478 e. The van der Waals surface area contributed by atoms with Crippen molar-refractivity contribution in [3.63, 3.8) is 0 Å². The van der Waals surface area contributed by atoms with Gasteiger partial charge in [0.1, 0.15) is 0 Å². The first-order chi connectivity index (χ1) is 9.47. The number of carbonyl (C=O) groups is 3. The van der Waals surface area contributed by atoms with Gasteiger partial charge in [0.05, 0.1) is 10.5 Å². The van der Waals surface area contributed by atoms with E-state index in [9.17, 15) is 14.4 Å². The van der Waals surface area contributed by atoms with Crippen LogP contribution in [0.5, 0.6) is 0 Å². The van der Waals surface area contributed by atoms with E-state index in [0.29, 0.717) is 5.56 Å². The van der Waals surface area contributed by atoms with Crippen molar-refractivity contribution in [2.24, 2.45) is 4.99 Å². The van der Waals surface area contributed by atoms with Crippen LogP contribution in [0.15, 0.2) is 34.2 Å². The number of carbonyl (C=O) groups excluding carboxylic acids is 2. The van der Waals surface area contributed by atoms with E-state index in [0.717, 1.165) is 11.8 Å². The van der Waals surface area contributed by atoms with Gasteiger partial charge in [-0.1, -0.05) is 18.2 Å². The molecule has 2 N–H and O–H groups in total. The van der Waals surface area contributed by atoms with Gasteiger partial charge in [-0.2, -0.15) is 4.99 Å². The molecule has 102 valence electrons. The van der Waals surface area contributed by atoms with E-state index in [1.54, 1.807) is 18.2 Å². The number of amidine groups is 1. The van der Waals surface area contributed by atoms with Gasteiger partial charge >= 0.3 is 5.97 Å². The monoisotopic (exact) mass is 290 g/mol. The Balaban J connectivity index is 2.28. The molecule has 0 unspecified atom stereocenters. The third-order valence-electron chi connectivity index (χ3n) is 2.38. The summed E-state index contributed by atoms with van der Waals surface area (Å²) in [7, 11) is 0. The minimum absolute atomic E-state index is 0.0985. The molecule has 0 fully saturated rings. The predicted molar refractivity (Wildman–Crippen MR) is 75.2 cm³/mol. The van der Waals surface area contributed by atoms with Crippen LogP contribution in [0.1, 0.15) is 22.8 Å². The van der Waals surface area contributed by atoms with Gasteiger partial charge in [0.2, 0.25) is 5.91 Å². The summed E-state index contributed by atoms with van der Waals surface area (Å²) in [6.07, 6.45) is 1.45. The zero-order chi connectivity index (χ0) is 14.7. The van der Waals surface area contributed by atoms with Crippen molar-refractivity contribution < 1.29 is 19.5 Å². The lowest BCUT2D eigenvalue weighted by Crippen LogP contribution is -2.23. The zero-order valence-corrected chi connectivity index (χ0v) is 11.2. The fourth-order valence-corrected chi connectivity index (χ4v) is 2.42. The third-order valence-corrected chi connectivity index (χ3v) is 3.28. The van der Waals surface area contributed by atoms with Crippen LogP contribution in [0.25, 0.3) is 6.08 Å². The molecular formula is C13H10N2O4S. The highest BCUT2D eigenvalue weighted by molar-refractivity contribution is 8.18. The van der Waals surface area contributed by atoms with Gasteiger partial charge in [-0.25, -0.2) is 4.79 Å². The predicted octanol–water partition coefficient (Wildman–Crippen LogP) is 1.49. The highest BCUT2D eigenvalue weighted by atomic mass is 32.2. The summed E-state index contributed by atoms with van der Waals surface area (Å²) in [6.45, 7) is 1.31. The average Bonchev–Trinajstić information content (AvgIpc) is 2.69. The van der Waals surface area contributed by atoms with Crippen LogP contribution < -0.4 is 5.32 Å². The topological polar surface area (TPSA) is 95.8 Å². The highest BCUT2D eigenvalue weighted by Crippen LogP contribution is 2.28. The van der Waals surface area contributed by atoms with Gasteiger partial charge < -0.3 is 10.4 Å². The zero-order valence-electron chi connectivity index (χ0n) is 10.4. The third kappa shape index (κ3) is 3.12. The summed E-state index contributed by atoms with van der Waals surface area (Å²) in [5.74, 6) is -1.90. The second-order valence-electron chi connectivity index (χ2n) is 3.91. The van der Waals surface area contributed by atoms with E-state index in [1.165, 1.54) is 19.1 Å². The van der Waals surface area contributed by atoms with Crippen molar-refractivity contribution in [3.05, 3.63) is 40.3 Å². The Morgan fingerprint density at radius 3 is 2.70 bits per heavy atom.